The molecule has 5 nitrogen and oxygen atoms in total. The van der Waals surface area contributed by atoms with Crippen molar-refractivity contribution < 1.29 is 9.59 Å². The molecule has 0 spiro atoms. The third-order valence-electron chi connectivity index (χ3n) is 3.85. The number of benzene rings is 1. The summed E-state index contributed by atoms with van der Waals surface area (Å²) in [6, 6.07) is 10.6. The molecule has 1 N–H and O–H groups in total. The smallest absolute Gasteiger partial charge is 0.253 e. The zero-order chi connectivity index (χ0) is 18.1. The van der Waals surface area contributed by atoms with E-state index in [1.54, 1.807) is 36.7 Å². The fraction of sp³-hybridized carbons (Fsp3) is 0.350. The highest BCUT2D eigenvalue weighted by molar-refractivity contribution is 5.99. The van der Waals surface area contributed by atoms with Gasteiger partial charge in [0.25, 0.3) is 11.8 Å². The van der Waals surface area contributed by atoms with E-state index >= 15 is 0 Å². The second-order valence-corrected chi connectivity index (χ2v) is 5.91. The molecule has 0 unspecified atom stereocenters. The van der Waals surface area contributed by atoms with Gasteiger partial charge >= 0.3 is 0 Å². The van der Waals surface area contributed by atoms with Crippen molar-refractivity contribution in [1.29, 1.82) is 0 Å². The van der Waals surface area contributed by atoms with Gasteiger partial charge in [-0.3, -0.25) is 14.6 Å². The Hall–Kier alpha value is -2.69. The van der Waals surface area contributed by atoms with Crippen LogP contribution in [0.5, 0.6) is 0 Å². The van der Waals surface area contributed by atoms with Crippen LogP contribution in [0.1, 0.15) is 53.0 Å². The van der Waals surface area contributed by atoms with Crippen LogP contribution in [0.3, 0.4) is 0 Å². The van der Waals surface area contributed by atoms with Crippen molar-refractivity contribution in [3.8, 4) is 0 Å². The molecule has 0 radical (unpaired) electrons. The van der Waals surface area contributed by atoms with E-state index in [0.29, 0.717) is 17.7 Å². The van der Waals surface area contributed by atoms with Crippen molar-refractivity contribution in [1.82, 2.24) is 15.2 Å². The molecule has 0 saturated carbocycles. The van der Waals surface area contributed by atoms with Gasteiger partial charge < -0.3 is 10.2 Å². The number of nitrogens with zero attached hydrogens (tertiary/aromatic N) is 2. The zero-order valence-electron chi connectivity index (χ0n) is 14.9. The highest BCUT2D eigenvalue weighted by atomic mass is 16.2. The van der Waals surface area contributed by atoms with E-state index in [1.807, 2.05) is 17.0 Å². The Morgan fingerprint density at radius 2 is 1.64 bits per heavy atom. The number of aromatic nitrogens is 1. The molecule has 0 aliphatic rings. The lowest BCUT2D eigenvalue weighted by atomic mass is 10.1. The van der Waals surface area contributed by atoms with Crippen molar-refractivity contribution in [3.05, 3.63) is 65.5 Å². The molecule has 2 rings (SSSR count). The number of nitrogens with one attached hydrogen (secondary N) is 1. The topological polar surface area (TPSA) is 62.3 Å². The minimum absolute atomic E-state index is 0.0208. The fourth-order valence-electron chi connectivity index (χ4n) is 2.62. The molecule has 2 amide bonds. The first-order chi connectivity index (χ1) is 12.2. The zero-order valence-corrected chi connectivity index (χ0v) is 14.9. The predicted octanol–water partition coefficient (Wildman–Crippen LogP) is 3.27. The summed E-state index contributed by atoms with van der Waals surface area (Å²) in [5.41, 5.74) is 2.03. The highest BCUT2D eigenvalue weighted by Gasteiger charge is 2.16. The quantitative estimate of drug-likeness (QED) is 0.803. The summed E-state index contributed by atoms with van der Waals surface area (Å²) in [6.07, 6.45) is 5.21. The monoisotopic (exact) mass is 339 g/mol. The second-order valence-electron chi connectivity index (χ2n) is 5.91. The SMILES string of the molecule is CCCN(CCC)C(=O)c1cccc(C(=O)NCc2ccncc2)c1. The molecule has 0 fully saturated rings. The van der Waals surface area contributed by atoms with Crippen LogP contribution in [-0.4, -0.2) is 34.8 Å². The van der Waals surface area contributed by atoms with Gasteiger partial charge in [-0.05, 0) is 48.7 Å². The van der Waals surface area contributed by atoms with Gasteiger partial charge in [-0.25, -0.2) is 0 Å². The average molecular weight is 339 g/mol. The summed E-state index contributed by atoms with van der Waals surface area (Å²) in [7, 11) is 0. The standard InChI is InChI=1S/C20H25N3O2/c1-3-12-23(13-4-2)20(25)18-7-5-6-17(14-18)19(24)22-15-16-8-10-21-11-9-16/h5-11,14H,3-4,12-13,15H2,1-2H3,(H,22,24). The van der Waals surface area contributed by atoms with Crippen LogP contribution in [0.25, 0.3) is 0 Å². The van der Waals surface area contributed by atoms with Crippen LogP contribution in [0.15, 0.2) is 48.8 Å². The van der Waals surface area contributed by atoms with E-state index in [9.17, 15) is 9.59 Å². The third-order valence-corrected chi connectivity index (χ3v) is 3.85. The summed E-state index contributed by atoms with van der Waals surface area (Å²) in [4.78, 5) is 30.8. The van der Waals surface area contributed by atoms with Gasteiger partial charge in [0.15, 0.2) is 0 Å². The lowest BCUT2D eigenvalue weighted by molar-refractivity contribution is 0.0755. The molecule has 5 heteroatoms. The molecule has 0 saturated heterocycles. The van der Waals surface area contributed by atoms with E-state index in [1.165, 1.54) is 0 Å². The van der Waals surface area contributed by atoms with E-state index in [-0.39, 0.29) is 11.8 Å². The Morgan fingerprint density at radius 3 is 2.28 bits per heavy atom. The van der Waals surface area contributed by atoms with Gasteiger partial charge in [0.2, 0.25) is 0 Å². The Kier molecular flexibility index (Phi) is 7.14. The maximum Gasteiger partial charge on any atom is 0.253 e. The molecule has 1 aromatic carbocycles. The molecular weight excluding hydrogens is 314 g/mol. The summed E-state index contributed by atoms with van der Waals surface area (Å²) < 4.78 is 0. The first kappa shape index (κ1) is 18.6. The number of carbonyl (C=O) groups excluding carboxylic acids is 2. The van der Waals surface area contributed by atoms with Gasteiger partial charge in [0.05, 0.1) is 0 Å². The largest absolute Gasteiger partial charge is 0.348 e. The lowest BCUT2D eigenvalue weighted by Gasteiger charge is -2.21. The van der Waals surface area contributed by atoms with Crippen molar-refractivity contribution in [2.24, 2.45) is 0 Å². The summed E-state index contributed by atoms with van der Waals surface area (Å²) in [5.74, 6) is -0.212. The van der Waals surface area contributed by atoms with Crippen molar-refractivity contribution in [2.45, 2.75) is 33.2 Å². The van der Waals surface area contributed by atoms with Gasteiger partial charge in [-0.1, -0.05) is 19.9 Å². The number of rotatable bonds is 8. The number of amides is 2. The maximum absolute atomic E-state index is 12.7. The van der Waals surface area contributed by atoms with Crippen LogP contribution in [-0.2, 0) is 6.54 Å². The Morgan fingerprint density at radius 1 is 1.00 bits per heavy atom. The van der Waals surface area contributed by atoms with Crippen molar-refractivity contribution in [2.75, 3.05) is 13.1 Å². The molecule has 1 heterocycles. The number of carbonyl (C=O) groups is 2. The van der Waals surface area contributed by atoms with Crippen LogP contribution >= 0.6 is 0 Å². The molecule has 0 atom stereocenters. The van der Waals surface area contributed by atoms with E-state index in [2.05, 4.69) is 24.1 Å². The van der Waals surface area contributed by atoms with Crippen LogP contribution in [0.4, 0.5) is 0 Å². The number of hydrogen-bond acceptors (Lipinski definition) is 3. The Labute approximate surface area is 149 Å². The van der Waals surface area contributed by atoms with Gasteiger partial charge in [-0.15, -0.1) is 0 Å². The Bertz CT molecular complexity index is 695. The first-order valence-corrected chi connectivity index (χ1v) is 8.72. The lowest BCUT2D eigenvalue weighted by Crippen LogP contribution is -2.32. The molecular formula is C20H25N3O2. The molecule has 0 aliphatic heterocycles. The predicted molar refractivity (Wildman–Crippen MR) is 98.3 cm³/mol. The summed E-state index contributed by atoms with van der Waals surface area (Å²) >= 11 is 0. The van der Waals surface area contributed by atoms with Crippen LogP contribution in [0, 0.1) is 0 Å². The minimum atomic E-state index is -0.191. The summed E-state index contributed by atoms with van der Waals surface area (Å²) in [5, 5.41) is 2.87. The highest BCUT2D eigenvalue weighted by Crippen LogP contribution is 2.10. The molecule has 132 valence electrons. The van der Waals surface area contributed by atoms with E-state index in [4.69, 9.17) is 0 Å². The molecule has 1 aromatic heterocycles. The number of pyridine rings is 1. The van der Waals surface area contributed by atoms with Gasteiger partial charge in [0, 0.05) is 43.2 Å². The fourth-order valence-corrected chi connectivity index (χ4v) is 2.62. The Balaban J connectivity index is 2.06. The van der Waals surface area contributed by atoms with E-state index in [0.717, 1.165) is 31.5 Å². The maximum atomic E-state index is 12.7. The second kappa shape index (κ2) is 9.57. The number of hydrogen-bond donors (Lipinski definition) is 1. The van der Waals surface area contributed by atoms with Crippen LogP contribution < -0.4 is 5.32 Å². The van der Waals surface area contributed by atoms with Crippen molar-refractivity contribution >= 4 is 11.8 Å². The molecule has 25 heavy (non-hydrogen) atoms. The van der Waals surface area contributed by atoms with Gasteiger partial charge in [-0.2, -0.15) is 0 Å². The van der Waals surface area contributed by atoms with Gasteiger partial charge in [0.1, 0.15) is 0 Å². The van der Waals surface area contributed by atoms with Crippen LogP contribution in [0.2, 0.25) is 0 Å². The third kappa shape index (κ3) is 5.41. The molecule has 0 aliphatic carbocycles. The molecule has 2 aromatic rings. The van der Waals surface area contributed by atoms with E-state index < -0.39 is 0 Å². The minimum Gasteiger partial charge on any atom is -0.348 e. The van der Waals surface area contributed by atoms with Crippen molar-refractivity contribution in [3.63, 3.8) is 0 Å². The summed E-state index contributed by atoms with van der Waals surface area (Å²) in [6.45, 7) is 5.99. The average Bonchev–Trinajstić information content (AvgIpc) is 2.66. The normalized spacial score (nSPS) is 10.3. The molecule has 0 bridgehead atoms. The first-order valence-electron chi connectivity index (χ1n) is 8.72.